The minimum Gasteiger partial charge on any atom is -0.296 e. The number of sulfonamides is 1. The lowest BCUT2D eigenvalue weighted by atomic mass is 10.1. The predicted octanol–water partition coefficient (Wildman–Crippen LogP) is 3.49. The quantitative estimate of drug-likeness (QED) is 0.701. The standard InChI is InChI=1S/C19H20F4N2O2S/c20-18-7-3-16(4-8-18)14-28(26,27)25-11-9-24(10-12-25)13-15-1-5-17(6-2-15)19(21,22)23/h1-8H,9-14H2. The molecule has 0 aromatic heterocycles. The first kappa shape index (κ1) is 20.8. The molecule has 0 radical (unpaired) electrons. The van der Waals surface area contributed by atoms with Crippen molar-refractivity contribution in [3.8, 4) is 0 Å². The second-order valence-corrected chi connectivity index (χ2v) is 8.72. The predicted molar refractivity (Wildman–Crippen MR) is 97.3 cm³/mol. The van der Waals surface area contributed by atoms with Crippen LogP contribution in [0.15, 0.2) is 48.5 Å². The Bertz CT molecular complexity index is 889. The van der Waals surface area contributed by atoms with Crippen LogP contribution >= 0.6 is 0 Å². The smallest absolute Gasteiger partial charge is 0.296 e. The highest BCUT2D eigenvalue weighted by Crippen LogP contribution is 2.29. The molecule has 0 saturated carbocycles. The lowest BCUT2D eigenvalue weighted by molar-refractivity contribution is -0.137. The third-order valence-electron chi connectivity index (χ3n) is 4.67. The number of rotatable bonds is 5. The van der Waals surface area contributed by atoms with E-state index in [0.29, 0.717) is 38.3 Å². The van der Waals surface area contributed by atoms with E-state index in [1.807, 2.05) is 4.90 Å². The van der Waals surface area contributed by atoms with Crippen LogP contribution in [0.25, 0.3) is 0 Å². The fraction of sp³-hybridized carbons (Fsp3) is 0.368. The van der Waals surface area contributed by atoms with Crippen molar-refractivity contribution in [1.82, 2.24) is 9.21 Å². The van der Waals surface area contributed by atoms with Crippen molar-refractivity contribution in [2.45, 2.75) is 18.5 Å². The summed E-state index contributed by atoms with van der Waals surface area (Å²) in [6, 6.07) is 10.4. The molecule has 2 aromatic carbocycles. The Hall–Kier alpha value is -1.97. The minimum absolute atomic E-state index is 0.188. The molecule has 4 nitrogen and oxygen atoms in total. The van der Waals surface area contributed by atoms with E-state index < -0.39 is 27.6 Å². The van der Waals surface area contributed by atoms with Gasteiger partial charge in [0.2, 0.25) is 10.0 Å². The minimum atomic E-state index is -4.36. The highest BCUT2D eigenvalue weighted by Gasteiger charge is 2.30. The van der Waals surface area contributed by atoms with Gasteiger partial charge in [-0.3, -0.25) is 4.90 Å². The summed E-state index contributed by atoms with van der Waals surface area (Å²) < 4.78 is 77.3. The molecule has 0 atom stereocenters. The molecule has 0 unspecified atom stereocenters. The second kappa shape index (κ2) is 8.18. The average Bonchev–Trinajstić information content (AvgIpc) is 2.64. The first-order chi connectivity index (χ1) is 13.1. The Morgan fingerprint density at radius 1 is 0.821 bits per heavy atom. The Kier molecular flexibility index (Phi) is 6.07. The molecule has 0 amide bonds. The van der Waals surface area contributed by atoms with Crippen LogP contribution in [0.4, 0.5) is 17.6 Å². The molecule has 0 bridgehead atoms. The van der Waals surface area contributed by atoms with E-state index in [4.69, 9.17) is 0 Å². The molecular weight excluding hydrogens is 396 g/mol. The lowest BCUT2D eigenvalue weighted by Gasteiger charge is -2.34. The van der Waals surface area contributed by atoms with Crippen LogP contribution in [0.2, 0.25) is 0 Å². The Balaban J connectivity index is 1.54. The maximum atomic E-state index is 13.0. The van der Waals surface area contributed by atoms with Crippen LogP contribution in [-0.4, -0.2) is 43.8 Å². The highest BCUT2D eigenvalue weighted by atomic mass is 32.2. The molecule has 1 fully saturated rings. The normalized spacial score (nSPS) is 17.0. The summed E-state index contributed by atoms with van der Waals surface area (Å²) >= 11 is 0. The second-order valence-electron chi connectivity index (χ2n) is 6.75. The molecule has 1 heterocycles. The molecule has 1 saturated heterocycles. The summed E-state index contributed by atoms with van der Waals surface area (Å²) in [5, 5.41) is 0. The third kappa shape index (κ3) is 5.30. The molecule has 152 valence electrons. The molecule has 9 heteroatoms. The van der Waals surface area contributed by atoms with E-state index >= 15 is 0 Å². The van der Waals surface area contributed by atoms with Gasteiger partial charge in [-0.25, -0.2) is 12.8 Å². The molecule has 1 aliphatic heterocycles. The van der Waals surface area contributed by atoms with Gasteiger partial charge in [-0.05, 0) is 35.4 Å². The van der Waals surface area contributed by atoms with Gasteiger partial charge in [-0.15, -0.1) is 0 Å². The zero-order chi connectivity index (χ0) is 20.4. The number of benzene rings is 2. The largest absolute Gasteiger partial charge is 0.416 e. The Morgan fingerprint density at radius 2 is 1.36 bits per heavy atom. The zero-order valence-corrected chi connectivity index (χ0v) is 15.8. The number of nitrogens with zero attached hydrogens (tertiary/aromatic N) is 2. The molecule has 0 spiro atoms. The summed E-state index contributed by atoms with van der Waals surface area (Å²) in [5.74, 6) is -0.607. The van der Waals surface area contributed by atoms with Crippen LogP contribution in [0.5, 0.6) is 0 Å². The SMILES string of the molecule is O=S(=O)(Cc1ccc(F)cc1)N1CCN(Cc2ccc(C(F)(F)F)cc2)CC1. The number of halogens is 4. The van der Waals surface area contributed by atoms with Gasteiger partial charge in [0.15, 0.2) is 0 Å². The van der Waals surface area contributed by atoms with Crippen molar-refractivity contribution in [1.29, 1.82) is 0 Å². The van der Waals surface area contributed by atoms with Crippen molar-refractivity contribution >= 4 is 10.0 Å². The maximum Gasteiger partial charge on any atom is 0.416 e. The van der Waals surface area contributed by atoms with E-state index in [0.717, 1.165) is 17.7 Å². The van der Waals surface area contributed by atoms with Crippen molar-refractivity contribution in [3.63, 3.8) is 0 Å². The summed E-state index contributed by atoms with van der Waals surface area (Å²) in [7, 11) is -3.51. The van der Waals surface area contributed by atoms with Crippen LogP contribution in [0.3, 0.4) is 0 Å². The van der Waals surface area contributed by atoms with Gasteiger partial charge in [0.1, 0.15) is 5.82 Å². The van der Waals surface area contributed by atoms with E-state index in [2.05, 4.69) is 0 Å². The van der Waals surface area contributed by atoms with E-state index in [9.17, 15) is 26.0 Å². The molecule has 2 aromatic rings. The number of alkyl halides is 3. The van der Waals surface area contributed by atoms with Gasteiger partial charge in [0, 0.05) is 32.7 Å². The topological polar surface area (TPSA) is 40.6 Å². The Morgan fingerprint density at radius 3 is 1.89 bits per heavy atom. The summed E-state index contributed by atoms with van der Waals surface area (Å²) in [5.41, 5.74) is 0.581. The van der Waals surface area contributed by atoms with Crippen molar-refractivity contribution in [2.24, 2.45) is 0 Å². The van der Waals surface area contributed by atoms with Gasteiger partial charge in [0.05, 0.1) is 11.3 Å². The highest BCUT2D eigenvalue weighted by molar-refractivity contribution is 7.88. The molecular formula is C19H20F4N2O2S. The van der Waals surface area contributed by atoms with Crippen LogP contribution in [-0.2, 0) is 28.5 Å². The number of hydrogen-bond donors (Lipinski definition) is 0. The fourth-order valence-electron chi connectivity index (χ4n) is 3.11. The Labute approximate surface area is 161 Å². The van der Waals surface area contributed by atoms with Crippen LogP contribution in [0, 0.1) is 5.82 Å². The van der Waals surface area contributed by atoms with E-state index in [-0.39, 0.29) is 5.75 Å². The number of piperazine rings is 1. The van der Waals surface area contributed by atoms with Crippen molar-refractivity contribution in [2.75, 3.05) is 26.2 Å². The first-order valence-electron chi connectivity index (χ1n) is 8.74. The van der Waals surface area contributed by atoms with Gasteiger partial charge < -0.3 is 0 Å². The van der Waals surface area contributed by atoms with Gasteiger partial charge in [-0.2, -0.15) is 17.5 Å². The van der Waals surface area contributed by atoms with E-state index in [1.54, 1.807) is 0 Å². The molecule has 28 heavy (non-hydrogen) atoms. The number of hydrogen-bond acceptors (Lipinski definition) is 3. The van der Waals surface area contributed by atoms with Gasteiger partial charge in [0.25, 0.3) is 0 Å². The lowest BCUT2D eigenvalue weighted by Crippen LogP contribution is -2.48. The summed E-state index contributed by atoms with van der Waals surface area (Å²) in [6.07, 6.45) is -4.36. The van der Waals surface area contributed by atoms with Crippen molar-refractivity contribution < 1.29 is 26.0 Å². The summed E-state index contributed by atoms with van der Waals surface area (Å²) in [6.45, 7) is 2.06. The van der Waals surface area contributed by atoms with Gasteiger partial charge >= 0.3 is 6.18 Å². The van der Waals surface area contributed by atoms with Crippen molar-refractivity contribution in [3.05, 3.63) is 71.0 Å². The van der Waals surface area contributed by atoms with Crippen LogP contribution < -0.4 is 0 Å². The molecule has 3 rings (SSSR count). The third-order valence-corrected chi connectivity index (χ3v) is 6.52. The van der Waals surface area contributed by atoms with Gasteiger partial charge in [-0.1, -0.05) is 24.3 Å². The first-order valence-corrected chi connectivity index (χ1v) is 10.4. The average molecular weight is 416 g/mol. The maximum absolute atomic E-state index is 13.0. The fourth-order valence-corrected chi connectivity index (χ4v) is 4.62. The molecule has 1 aliphatic rings. The van der Waals surface area contributed by atoms with E-state index in [1.165, 1.54) is 40.7 Å². The molecule has 0 N–H and O–H groups in total. The molecule has 0 aliphatic carbocycles. The van der Waals surface area contributed by atoms with Crippen LogP contribution in [0.1, 0.15) is 16.7 Å². The summed E-state index contributed by atoms with van der Waals surface area (Å²) in [4.78, 5) is 2.01. The monoisotopic (exact) mass is 416 g/mol. The zero-order valence-electron chi connectivity index (χ0n) is 15.0.